The molecule has 6 nitrogen and oxygen atoms in total. The molecule has 1 aromatic heterocycles. The van der Waals surface area contributed by atoms with Gasteiger partial charge in [-0.2, -0.15) is 5.10 Å². The lowest BCUT2D eigenvalue weighted by Crippen LogP contribution is -2.39. The molecular weight excluding hydrogens is 340 g/mol. The molecule has 1 saturated heterocycles. The van der Waals surface area contributed by atoms with Gasteiger partial charge in [0.25, 0.3) is 5.91 Å². The second kappa shape index (κ2) is 7.94. The summed E-state index contributed by atoms with van der Waals surface area (Å²) in [5.41, 5.74) is 3.89. The third kappa shape index (κ3) is 4.04. The largest absolute Gasteiger partial charge is 0.351 e. The number of aryl methyl sites for hydroxylation is 2. The maximum atomic E-state index is 13.1. The first-order chi connectivity index (χ1) is 12.9. The summed E-state index contributed by atoms with van der Waals surface area (Å²) in [6, 6.07) is 8.24. The Bertz CT molecular complexity index is 825. The Balaban J connectivity index is 1.83. The van der Waals surface area contributed by atoms with Crippen LogP contribution < -0.4 is 5.32 Å². The third-order valence-corrected chi connectivity index (χ3v) is 5.27. The van der Waals surface area contributed by atoms with Crippen molar-refractivity contribution < 1.29 is 9.59 Å². The minimum Gasteiger partial charge on any atom is -0.351 e. The summed E-state index contributed by atoms with van der Waals surface area (Å²) < 4.78 is 1.88. The lowest BCUT2D eigenvalue weighted by molar-refractivity contribution is -0.119. The number of rotatable bonds is 5. The maximum absolute atomic E-state index is 13.1. The van der Waals surface area contributed by atoms with Gasteiger partial charge in [-0.1, -0.05) is 36.8 Å². The van der Waals surface area contributed by atoms with Crippen LogP contribution in [0.3, 0.4) is 0 Å². The molecule has 144 valence electrons. The second-order valence-electron chi connectivity index (χ2n) is 7.40. The van der Waals surface area contributed by atoms with Crippen LogP contribution in [-0.2, 0) is 11.3 Å². The zero-order valence-electron chi connectivity index (χ0n) is 16.5. The molecule has 1 aliphatic rings. The Labute approximate surface area is 160 Å². The zero-order valence-corrected chi connectivity index (χ0v) is 16.5. The molecule has 2 aromatic rings. The van der Waals surface area contributed by atoms with Crippen LogP contribution in [-0.4, -0.2) is 45.6 Å². The predicted octanol–water partition coefficient (Wildman–Crippen LogP) is 2.65. The summed E-state index contributed by atoms with van der Waals surface area (Å²) in [6.07, 6.45) is 2.64. The highest BCUT2D eigenvalue weighted by Gasteiger charge is 2.37. The van der Waals surface area contributed by atoms with Gasteiger partial charge >= 0.3 is 0 Å². The highest BCUT2D eigenvalue weighted by molar-refractivity contribution is 5.95. The van der Waals surface area contributed by atoms with Gasteiger partial charge in [0.1, 0.15) is 0 Å². The van der Waals surface area contributed by atoms with Crippen LogP contribution in [0.4, 0.5) is 0 Å². The number of carbonyl (C=O) groups is 2. The summed E-state index contributed by atoms with van der Waals surface area (Å²) in [5, 5.41) is 7.38. The van der Waals surface area contributed by atoms with E-state index in [1.807, 2.05) is 16.5 Å². The Morgan fingerprint density at radius 3 is 2.52 bits per heavy atom. The van der Waals surface area contributed by atoms with Crippen LogP contribution in [0.5, 0.6) is 0 Å². The van der Waals surface area contributed by atoms with Crippen LogP contribution in [0.1, 0.15) is 53.4 Å². The van der Waals surface area contributed by atoms with Crippen LogP contribution in [0.15, 0.2) is 30.5 Å². The molecule has 1 fully saturated rings. The number of carbonyl (C=O) groups excluding carboxylic acids is 2. The molecule has 2 atom stereocenters. The normalized spacial score (nSPS) is 19.3. The molecule has 27 heavy (non-hydrogen) atoms. The predicted molar refractivity (Wildman–Crippen MR) is 105 cm³/mol. The quantitative estimate of drug-likeness (QED) is 0.882. The van der Waals surface area contributed by atoms with Crippen molar-refractivity contribution in [3.63, 3.8) is 0 Å². The van der Waals surface area contributed by atoms with Crippen molar-refractivity contribution in [2.45, 2.75) is 52.6 Å². The molecular formula is C21H28N4O2. The molecule has 1 aromatic carbocycles. The number of nitrogens with zero attached hydrogens (tertiary/aromatic N) is 3. The Hall–Kier alpha value is -2.63. The van der Waals surface area contributed by atoms with E-state index in [9.17, 15) is 9.59 Å². The van der Waals surface area contributed by atoms with Crippen molar-refractivity contribution in [3.05, 3.63) is 52.8 Å². The molecule has 0 unspecified atom stereocenters. The summed E-state index contributed by atoms with van der Waals surface area (Å²) in [6.45, 7) is 9.51. The number of benzene rings is 1. The van der Waals surface area contributed by atoms with Gasteiger partial charge in [0.05, 0.1) is 17.8 Å². The number of hydrogen-bond acceptors (Lipinski definition) is 3. The van der Waals surface area contributed by atoms with Gasteiger partial charge in [-0.15, -0.1) is 0 Å². The average Bonchev–Trinajstić information content (AvgIpc) is 3.19. The van der Waals surface area contributed by atoms with Crippen LogP contribution in [0.25, 0.3) is 0 Å². The van der Waals surface area contributed by atoms with E-state index in [2.05, 4.69) is 48.5 Å². The smallest absolute Gasteiger partial charge is 0.257 e. The highest BCUT2D eigenvalue weighted by Crippen LogP contribution is 2.29. The van der Waals surface area contributed by atoms with Crippen molar-refractivity contribution in [3.8, 4) is 0 Å². The van der Waals surface area contributed by atoms with Gasteiger partial charge in [-0.25, -0.2) is 0 Å². The molecule has 1 aliphatic heterocycles. The fourth-order valence-electron chi connectivity index (χ4n) is 3.79. The summed E-state index contributed by atoms with van der Waals surface area (Å²) in [4.78, 5) is 26.6. The fraction of sp³-hybridized carbons (Fsp3) is 0.476. The summed E-state index contributed by atoms with van der Waals surface area (Å²) in [7, 11) is 0. The molecule has 2 heterocycles. The van der Waals surface area contributed by atoms with Crippen LogP contribution >= 0.6 is 0 Å². The first-order valence-corrected chi connectivity index (χ1v) is 9.56. The van der Waals surface area contributed by atoms with Crippen molar-refractivity contribution in [1.82, 2.24) is 20.0 Å². The molecule has 3 rings (SSSR count). The second-order valence-corrected chi connectivity index (χ2v) is 7.40. The number of hydrogen-bond donors (Lipinski definition) is 1. The van der Waals surface area contributed by atoms with E-state index in [-0.39, 0.29) is 23.8 Å². The van der Waals surface area contributed by atoms with Gasteiger partial charge in [-0.3, -0.25) is 14.3 Å². The summed E-state index contributed by atoms with van der Waals surface area (Å²) >= 11 is 0. The van der Waals surface area contributed by atoms with E-state index in [1.165, 1.54) is 12.5 Å². The van der Waals surface area contributed by atoms with Crippen molar-refractivity contribution in [1.29, 1.82) is 0 Å². The monoisotopic (exact) mass is 368 g/mol. The molecule has 0 radical (unpaired) electrons. The van der Waals surface area contributed by atoms with Gasteiger partial charge in [0.15, 0.2) is 0 Å². The fourth-order valence-corrected chi connectivity index (χ4v) is 3.79. The standard InChI is InChI=1S/C21H28N4O2/c1-5-10-25-15(3)18(11-22-25)21(27)24-12-19(20(13-24)23-16(4)26)17-8-6-14(2)7-9-17/h6-9,11,19-20H,5,10,12-13H2,1-4H3,(H,23,26)/t19-,20+/m1/s1. The molecule has 6 heteroatoms. The lowest BCUT2D eigenvalue weighted by atomic mass is 9.93. The average molecular weight is 368 g/mol. The Morgan fingerprint density at radius 1 is 1.19 bits per heavy atom. The maximum Gasteiger partial charge on any atom is 0.257 e. The first kappa shape index (κ1) is 19.1. The minimum atomic E-state index is -0.0832. The van der Waals surface area contributed by atoms with Gasteiger partial charge < -0.3 is 10.2 Å². The zero-order chi connectivity index (χ0) is 19.6. The van der Waals surface area contributed by atoms with E-state index in [0.717, 1.165) is 24.2 Å². The van der Waals surface area contributed by atoms with E-state index in [0.29, 0.717) is 18.7 Å². The number of aromatic nitrogens is 2. The van der Waals surface area contributed by atoms with Gasteiger partial charge in [0.2, 0.25) is 5.91 Å². The number of amides is 2. The SMILES string of the molecule is CCCn1ncc(C(=O)N2C[C@H](NC(C)=O)[C@@H](c3ccc(C)cc3)C2)c1C. The molecule has 0 saturated carbocycles. The number of nitrogens with one attached hydrogen (secondary N) is 1. The van der Waals surface area contributed by atoms with E-state index >= 15 is 0 Å². The van der Waals surface area contributed by atoms with Crippen molar-refractivity contribution in [2.75, 3.05) is 13.1 Å². The highest BCUT2D eigenvalue weighted by atomic mass is 16.2. The van der Waals surface area contributed by atoms with Crippen molar-refractivity contribution in [2.24, 2.45) is 0 Å². The Kier molecular flexibility index (Phi) is 5.63. The van der Waals surface area contributed by atoms with Crippen molar-refractivity contribution >= 4 is 11.8 Å². The molecule has 1 N–H and O–H groups in total. The van der Waals surface area contributed by atoms with Crippen LogP contribution in [0.2, 0.25) is 0 Å². The van der Waals surface area contributed by atoms with Gasteiger partial charge in [-0.05, 0) is 25.8 Å². The molecule has 2 amide bonds. The first-order valence-electron chi connectivity index (χ1n) is 9.56. The minimum absolute atomic E-state index is 0.0141. The molecule has 0 aliphatic carbocycles. The lowest BCUT2D eigenvalue weighted by Gasteiger charge is -2.19. The number of likely N-dealkylation sites (tertiary alicyclic amines) is 1. The molecule has 0 bridgehead atoms. The van der Waals surface area contributed by atoms with E-state index in [1.54, 1.807) is 6.20 Å². The third-order valence-electron chi connectivity index (χ3n) is 5.27. The van der Waals surface area contributed by atoms with E-state index in [4.69, 9.17) is 0 Å². The molecule has 0 spiro atoms. The van der Waals surface area contributed by atoms with E-state index < -0.39 is 0 Å². The van der Waals surface area contributed by atoms with Crippen LogP contribution in [0, 0.1) is 13.8 Å². The summed E-state index contributed by atoms with van der Waals surface area (Å²) in [5.74, 6) is 0.00242. The van der Waals surface area contributed by atoms with Gasteiger partial charge in [0, 0.05) is 38.2 Å². The topological polar surface area (TPSA) is 67.2 Å². The Morgan fingerprint density at radius 2 is 1.89 bits per heavy atom.